The third-order valence-electron chi connectivity index (χ3n) is 2.96. The van der Waals surface area contributed by atoms with Crippen LogP contribution in [0.2, 0.25) is 0 Å². The van der Waals surface area contributed by atoms with Gasteiger partial charge in [-0.2, -0.15) is 5.10 Å². The zero-order valence-corrected chi connectivity index (χ0v) is 11.6. The molecule has 0 atom stereocenters. The standard InChI is InChI=1S/C15H12FN3S/c1-19-13-8-4-5-9-14(13)20-15(19)18-17-10-11-6-2-3-7-12(11)16/h2-10H,1H3/b17-10+,18-15-. The van der Waals surface area contributed by atoms with Gasteiger partial charge in [0.25, 0.3) is 0 Å². The Hall–Kier alpha value is -2.27. The van der Waals surface area contributed by atoms with E-state index in [0.717, 1.165) is 15.0 Å². The number of nitrogens with zero attached hydrogens (tertiary/aromatic N) is 3. The molecule has 0 bridgehead atoms. The first-order chi connectivity index (χ1) is 9.75. The van der Waals surface area contributed by atoms with Crippen molar-refractivity contribution in [3.8, 4) is 0 Å². The Kier molecular flexibility index (Phi) is 3.43. The fourth-order valence-corrected chi connectivity index (χ4v) is 2.87. The maximum absolute atomic E-state index is 13.4. The third kappa shape index (κ3) is 2.40. The summed E-state index contributed by atoms with van der Waals surface area (Å²) in [7, 11) is 1.94. The number of thiazole rings is 1. The van der Waals surface area contributed by atoms with Gasteiger partial charge in [-0.15, -0.1) is 5.10 Å². The molecule has 1 aromatic heterocycles. The molecule has 0 fully saturated rings. The summed E-state index contributed by atoms with van der Waals surface area (Å²) in [6, 6.07) is 14.5. The van der Waals surface area contributed by atoms with Gasteiger partial charge < -0.3 is 4.57 Å². The molecule has 0 aliphatic rings. The third-order valence-corrected chi connectivity index (χ3v) is 4.06. The molecule has 3 aromatic rings. The Labute approximate surface area is 119 Å². The predicted octanol–water partition coefficient (Wildman–Crippen LogP) is 3.31. The lowest BCUT2D eigenvalue weighted by atomic mass is 10.2. The molecule has 3 rings (SSSR count). The van der Waals surface area contributed by atoms with E-state index < -0.39 is 0 Å². The first-order valence-electron chi connectivity index (χ1n) is 6.12. The Bertz CT molecular complexity index is 845. The van der Waals surface area contributed by atoms with Crippen LogP contribution in [0.15, 0.2) is 58.7 Å². The van der Waals surface area contributed by atoms with Crippen molar-refractivity contribution in [2.24, 2.45) is 17.3 Å². The van der Waals surface area contributed by atoms with Crippen LogP contribution in [0.25, 0.3) is 10.2 Å². The molecule has 100 valence electrons. The lowest BCUT2D eigenvalue weighted by Gasteiger charge is -1.93. The van der Waals surface area contributed by atoms with Crippen LogP contribution in [0.4, 0.5) is 4.39 Å². The van der Waals surface area contributed by atoms with E-state index in [1.165, 1.54) is 12.3 Å². The summed E-state index contributed by atoms with van der Waals surface area (Å²) >= 11 is 1.55. The van der Waals surface area contributed by atoms with E-state index in [0.29, 0.717) is 5.56 Å². The van der Waals surface area contributed by atoms with Crippen LogP contribution in [-0.4, -0.2) is 10.8 Å². The number of para-hydroxylation sites is 1. The van der Waals surface area contributed by atoms with Gasteiger partial charge in [0.1, 0.15) is 5.82 Å². The van der Waals surface area contributed by atoms with Crippen molar-refractivity contribution in [3.05, 3.63) is 64.7 Å². The van der Waals surface area contributed by atoms with Crippen LogP contribution >= 0.6 is 11.3 Å². The summed E-state index contributed by atoms with van der Waals surface area (Å²) in [6.45, 7) is 0. The van der Waals surface area contributed by atoms with Crippen molar-refractivity contribution in [3.63, 3.8) is 0 Å². The number of hydrogen-bond acceptors (Lipinski definition) is 3. The van der Waals surface area contributed by atoms with Crippen LogP contribution < -0.4 is 4.80 Å². The highest BCUT2D eigenvalue weighted by Crippen LogP contribution is 2.15. The van der Waals surface area contributed by atoms with Crippen molar-refractivity contribution >= 4 is 27.8 Å². The summed E-state index contributed by atoms with van der Waals surface area (Å²) in [5, 5.41) is 8.14. The number of aryl methyl sites for hydroxylation is 1. The van der Waals surface area contributed by atoms with Crippen molar-refractivity contribution in [1.29, 1.82) is 0 Å². The highest BCUT2D eigenvalue weighted by atomic mass is 32.1. The number of benzene rings is 2. The summed E-state index contributed by atoms with van der Waals surface area (Å²) in [6.07, 6.45) is 1.43. The number of hydrogen-bond donors (Lipinski definition) is 0. The van der Waals surface area contributed by atoms with Crippen molar-refractivity contribution in [2.75, 3.05) is 0 Å². The lowest BCUT2D eigenvalue weighted by Crippen LogP contribution is -2.08. The van der Waals surface area contributed by atoms with Gasteiger partial charge in [0.15, 0.2) is 0 Å². The van der Waals surface area contributed by atoms with Gasteiger partial charge in [-0.05, 0) is 18.2 Å². The van der Waals surface area contributed by atoms with E-state index in [4.69, 9.17) is 0 Å². The average molecular weight is 285 g/mol. The summed E-state index contributed by atoms with van der Waals surface area (Å²) in [5.41, 5.74) is 1.54. The minimum absolute atomic E-state index is 0.299. The highest BCUT2D eigenvalue weighted by Gasteiger charge is 2.00. The zero-order chi connectivity index (χ0) is 13.9. The van der Waals surface area contributed by atoms with Gasteiger partial charge in [0.2, 0.25) is 4.80 Å². The largest absolute Gasteiger partial charge is 0.318 e. The normalized spacial score (nSPS) is 12.6. The molecule has 5 heteroatoms. The van der Waals surface area contributed by atoms with Gasteiger partial charge in [-0.1, -0.05) is 41.7 Å². The Morgan fingerprint density at radius 1 is 1.10 bits per heavy atom. The van der Waals surface area contributed by atoms with Gasteiger partial charge in [0.05, 0.1) is 16.4 Å². The Morgan fingerprint density at radius 3 is 2.65 bits per heavy atom. The molecule has 3 nitrogen and oxygen atoms in total. The van der Waals surface area contributed by atoms with E-state index in [9.17, 15) is 4.39 Å². The second-order valence-electron chi connectivity index (χ2n) is 4.28. The van der Waals surface area contributed by atoms with Gasteiger partial charge in [-0.25, -0.2) is 4.39 Å². The molecule has 0 aliphatic carbocycles. The summed E-state index contributed by atoms with van der Waals surface area (Å²) in [4.78, 5) is 0.777. The second-order valence-corrected chi connectivity index (χ2v) is 5.29. The fraction of sp³-hybridized carbons (Fsp3) is 0.0667. The van der Waals surface area contributed by atoms with E-state index in [1.54, 1.807) is 29.5 Å². The Morgan fingerprint density at radius 2 is 1.85 bits per heavy atom. The second kappa shape index (κ2) is 5.38. The minimum atomic E-state index is -0.299. The quantitative estimate of drug-likeness (QED) is 0.511. The van der Waals surface area contributed by atoms with Crippen LogP contribution in [0.5, 0.6) is 0 Å². The van der Waals surface area contributed by atoms with Gasteiger partial charge >= 0.3 is 0 Å². The topological polar surface area (TPSA) is 29.6 Å². The summed E-state index contributed by atoms with van der Waals surface area (Å²) < 4.78 is 16.5. The molecule has 0 unspecified atom stereocenters. The minimum Gasteiger partial charge on any atom is -0.318 e. The van der Waals surface area contributed by atoms with E-state index >= 15 is 0 Å². The molecule has 0 amide bonds. The van der Waals surface area contributed by atoms with Gasteiger partial charge in [-0.3, -0.25) is 0 Å². The molecular weight excluding hydrogens is 273 g/mol. The molecular formula is C15H12FN3S. The summed E-state index contributed by atoms with van der Waals surface area (Å²) in [5.74, 6) is -0.299. The highest BCUT2D eigenvalue weighted by molar-refractivity contribution is 7.16. The van der Waals surface area contributed by atoms with E-state index in [1.807, 2.05) is 35.9 Å². The fourth-order valence-electron chi connectivity index (χ4n) is 1.90. The molecule has 0 aliphatic heterocycles. The predicted molar refractivity (Wildman–Crippen MR) is 80.4 cm³/mol. The van der Waals surface area contributed by atoms with Crippen molar-refractivity contribution in [1.82, 2.24) is 4.57 Å². The average Bonchev–Trinajstić information content (AvgIpc) is 2.78. The monoisotopic (exact) mass is 285 g/mol. The molecule has 0 radical (unpaired) electrons. The Balaban J connectivity index is 1.99. The maximum atomic E-state index is 13.4. The zero-order valence-electron chi connectivity index (χ0n) is 10.8. The smallest absolute Gasteiger partial charge is 0.211 e. The van der Waals surface area contributed by atoms with E-state index in [-0.39, 0.29) is 5.82 Å². The first-order valence-corrected chi connectivity index (χ1v) is 6.93. The number of fused-ring (bicyclic) bond motifs is 1. The molecule has 0 spiro atoms. The molecule has 20 heavy (non-hydrogen) atoms. The molecule has 0 saturated carbocycles. The van der Waals surface area contributed by atoms with Gasteiger partial charge in [0, 0.05) is 12.6 Å². The SMILES string of the molecule is Cn1/c(=N/N=C/c2ccccc2F)sc2ccccc21. The molecule has 1 heterocycles. The van der Waals surface area contributed by atoms with Crippen LogP contribution in [-0.2, 0) is 7.05 Å². The number of halogens is 1. The van der Waals surface area contributed by atoms with Crippen LogP contribution in [0.1, 0.15) is 5.56 Å². The lowest BCUT2D eigenvalue weighted by molar-refractivity contribution is 0.626. The molecule has 2 aromatic carbocycles. The van der Waals surface area contributed by atoms with Crippen LogP contribution in [0.3, 0.4) is 0 Å². The van der Waals surface area contributed by atoms with Crippen molar-refractivity contribution < 1.29 is 4.39 Å². The number of rotatable bonds is 2. The molecule has 0 saturated heterocycles. The first kappa shape index (κ1) is 12.7. The van der Waals surface area contributed by atoms with Crippen molar-refractivity contribution in [2.45, 2.75) is 0 Å². The maximum Gasteiger partial charge on any atom is 0.211 e. The molecule has 0 N–H and O–H groups in total. The number of aromatic nitrogens is 1. The van der Waals surface area contributed by atoms with E-state index in [2.05, 4.69) is 10.2 Å². The van der Waals surface area contributed by atoms with Crippen LogP contribution in [0, 0.1) is 5.82 Å².